The van der Waals surface area contributed by atoms with Crippen molar-refractivity contribution in [2.24, 2.45) is 0 Å². The topological polar surface area (TPSA) is 45.2 Å². The molecule has 0 saturated carbocycles. The van der Waals surface area contributed by atoms with Gasteiger partial charge in [0, 0.05) is 30.2 Å². The Kier molecular flexibility index (Phi) is 6.07. The molecule has 140 valence electrons. The van der Waals surface area contributed by atoms with Crippen LogP contribution in [0.5, 0.6) is 0 Å². The monoisotopic (exact) mass is 361 g/mol. The number of aryl methyl sites for hydroxylation is 1. The smallest absolute Gasteiger partial charge is 0.255 e. The molecule has 3 rings (SSSR count). The van der Waals surface area contributed by atoms with Gasteiger partial charge in [0.1, 0.15) is 0 Å². The summed E-state index contributed by atoms with van der Waals surface area (Å²) in [5.74, 6) is -0.115. The van der Waals surface area contributed by atoms with Gasteiger partial charge in [-0.15, -0.1) is 0 Å². The first kappa shape index (κ1) is 18.9. The van der Waals surface area contributed by atoms with Crippen LogP contribution in [-0.2, 0) is 0 Å². The number of unbranched alkanes of at least 4 members (excludes halogenated alkanes) is 2. The molecule has 4 nitrogen and oxygen atoms in total. The van der Waals surface area contributed by atoms with E-state index in [4.69, 9.17) is 0 Å². The van der Waals surface area contributed by atoms with Crippen LogP contribution in [0.2, 0.25) is 0 Å². The number of carbonyl (C=O) groups is 1. The Balaban J connectivity index is 1.71. The summed E-state index contributed by atoms with van der Waals surface area (Å²) < 4.78 is 0. The number of nitrogens with zero attached hydrogens (tertiary/aromatic N) is 2. The highest BCUT2D eigenvalue weighted by atomic mass is 16.1. The Hall–Kier alpha value is -2.88. The van der Waals surface area contributed by atoms with E-state index in [1.165, 1.54) is 24.9 Å². The van der Waals surface area contributed by atoms with E-state index in [1.807, 2.05) is 48.5 Å². The first-order valence-electron chi connectivity index (χ1n) is 9.56. The SMILES string of the molecule is CCCCCN(C)c1ccc(C(=O)Nc2cnc3ccccc3c2)cc1C. The molecule has 0 aliphatic heterocycles. The number of amides is 1. The van der Waals surface area contributed by atoms with Crippen LogP contribution in [0.3, 0.4) is 0 Å². The predicted molar refractivity (Wildman–Crippen MR) is 114 cm³/mol. The van der Waals surface area contributed by atoms with E-state index in [1.54, 1.807) is 6.20 Å². The van der Waals surface area contributed by atoms with Gasteiger partial charge in [0.2, 0.25) is 0 Å². The van der Waals surface area contributed by atoms with E-state index >= 15 is 0 Å². The second-order valence-electron chi connectivity index (χ2n) is 7.00. The summed E-state index contributed by atoms with van der Waals surface area (Å²) in [5, 5.41) is 3.96. The molecule has 27 heavy (non-hydrogen) atoms. The number of hydrogen-bond acceptors (Lipinski definition) is 3. The molecule has 0 bridgehead atoms. The molecule has 4 heteroatoms. The molecule has 1 N–H and O–H groups in total. The maximum atomic E-state index is 12.6. The molecule has 0 unspecified atom stereocenters. The van der Waals surface area contributed by atoms with Gasteiger partial charge >= 0.3 is 0 Å². The van der Waals surface area contributed by atoms with Gasteiger partial charge in [0.15, 0.2) is 0 Å². The van der Waals surface area contributed by atoms with Crippen molar-refractivity contribution in [2.45, 2.75) is 33.1 Å². The number of para-hydroxylation sites is 1. The summed E-state index contributed by atoms with van der Waals surface area (Å²) in [6.07, 6.45) is 5.34. The van der Waals surface area contributed by atoms with E-state index in [-0.39, 0.29) is 5.91 Å². The Bertz CT molecular complexity index is 936. The second kappa shape index (κ2) is 8.67. The van der Waals surface area contributed by atoms with Gasteiger partial charge in [-0.25, -0.2) is 0 Å². The molecule has 1 heterocycles. The number of rotatable bonds is 7. The Labute approximate surface area is 161 Å². The average Bonchev–Trinajstić information content (AvgIpc) is 2.67. The first-order valence-corrected chi connectivity index (χ1v) is 9.56. The lowest BCUT2D eigenvalue weighted by molar-refractivity contribution is 0.102. The van der Waals surface area contributed by atoms with E-state index in [0.29, 0.717) is 11.3 Å². The van der Waals surface area contributed by atoms with Gasteiger partial charge in [-0.1, -0.05) is 38.0 Å². The van der Waals surface area contributed by atoms with Crippen molar-refractivity contribution in [1.29, 1.82) is 0 Å². The highest BCUT2D eigenvalue weighted by molar-refractivity contribution is 6.05. The molecule has 0 radical (unpaired) electrons. The Morgan fingerprint density at radius 2 is 1.93 bits per heavy atom. The van der Waals surface area contributed by atoms with Crippen molar-refractivity contribution >= 4 is 28.2 Å². The molecule has 0 saturated heterocycles. The van der Waals surface area contributed by atoms with E-state index < -0.39 is 0 Å². The third-order valence-electron chi connectivity index (χ3n) is 4.82. The van der Waals surface area contributed by atoms with Crippen LogP contribution in [0.15, 0.2) is 54.7 Å². The highest BCUT2D eigenvalue weighted by Crippen LogP contribution is 2.22. The van der Waals surface area contributed by atoms with Crippen LogP contribution >= 0.6 is 0 Å². The molecule has 1 aromatic heterocycles. The van der Waals surface area contributed by atoms with Gasteiger partial charge in [0.25, 0.3) is 5.91 Å². The third kappa shape index (κ3) is 4.64. The van der Waals surface area contributed by atoms with Crippen LogP contribution in [0.4, 0.5) is 11.4 Å². The second-order valence-corrected chi connectivity index (χ2v) is 7.00. The van der Waals surface area contributed by atoms with Crippen molar-refractivity contribution < 1.29 is 4.79 Å². The molecular formula is C23H27N3O. The number of anilines is 2. The third-order valence-corrected chi connectivity index (χ3v) is 4.82. The standard InChI is InChI=1S/C23H27N3O/c1-4-5-8-13-26(3)22-12-11-19(14-17(22)2)23(27)25-20-15-18-9-6-7-10-21(18)24-16-20/h6-7,9-12,14-16H,4-5,8,13H2,1-3H3,(H,25,27). The zero-order valence-corrected chi connectivity index (χ0v) is 16.3. The lowest BCUT2D eigenvalue weighted by Gasteiger charge is -2.22. The Morgan fingerprint density at radius 1 is 1.11 bits per heavy atom. The van der Waals surface area contributed by atoms with Crippen LogP contribution in [0.1, 0.15) is 42.1 Å². The minimum Gasteiger partial charge on any atom is -0.374 e. The van der Waals surface area contributed by atoms with E-state index in [0.717, 1.165) is 23.0 Å². The number of hydrogen-bond donors (Lipinski definition) is 1. The quantitative estimate of drug-likeness (QED) is 0.571. The fourth-order valence-electron chi connectivity index (χ4n) is 3.29. The number of fused-ring (bicyclic) bond motifs is 1. The maximum absolute atomic E-state index is 12.6. The summed E-state index contributed by atoms with van der Waals surface area (Å²) >= 11 is 0. The number of nitrogens with one attached hydrogen (secondary N) is 1. The predicted octanol–water partition coefficient (Wildman–Crippen LogP) is 5.42. The fourth-order valence-corrected chi connectivity index (χ4v) is 3.29. The van der Waals surface area contributed by atoms with Gasteiger partial charge in [-0.3, -0.25) is 9.78 Å². The number of pyridine rings is 1. The Morgan fingerprint density at radius 3 is 2.70 bits per heavy atom. The van der Waals surface area contributed by atoms with E-state index in [2.05, 4.69) is 36.1 Å². The molecule has 0 atom stereocenters. The van der Waals surface area contributed by atoms with Crippen molar-refractivity contribution in [3.63, 3.8) is 0 Å². The number of aromatic nitrogens is 1. The van der Waals surface area contributed by atoms with Crippen molar-refractivity contribution in [1.82, 2.24) is 4.98 Å². The summed E-state index contributed by atoms with van der Waals surface area (Å²) in [6.45, 7) is 5.30. The summed E-state index contributed by atoms with van der Waals surface area (Å²) in [4.78, 5) is 19.3. The van der Waals surface area contributed by atoms with Crippen molar-refractivity contribution in [3.05, 3.63) is 65.9 Å². The molecule has 0 aliphatic rings. The lowest BCUT2D eigenvalue weighted by Crippen LogP contribution is -2.20. The highest BCUT2D eigenvalue weighted by Gasteiger charge is 2.11. The van der Waals surface area contributed by atoms with Crippen molar-refractivity contribution in [3.8, 4) is 0 Å². The maximum Gasteiger partial charge on any atom is 0.255 e. The fraction of sp³-hybridized carbons (Fsp3) is 0.304. The molecule has 3 aromatic rings. The minimum absolute atomic E-state index is 0.115. The van der Waals surface area contributed by atoms with E-state index in [9.17, 15) is 4.79 Å². The number of benzene rings is 2. The van der Waals surface area contributed by atoms with Crippen LogP contribution in [-0.4, -0.2) is 24.5 Å². The first-order chi connectivity index (χ1) is 13.1. The molecule has 2 aromatic carbocycles. The zero-order chi connectivity index (χ0) is 19.2. The minimum atomic E-state index is -0.115. The molecule has 1 amide bonds. The largest absolute Gasteiger partial charge is 0.374 e. The molecular weight excluding hydrogens is 334 g/mol. The molecule has 0 spiro atoms. The van der Waals surface area contributed by atoms with Crippen LogP contribution in [0, 0.1) is 6.92 Å². The van der Waals surface area contributed by atoms with Gasteiger partial charge in [-0.05, 0) is 49.2 Å². The molecule has 0 fully saturated rings. The van der Waals surface area contributed by atoms with Crippen LogP contribution < -0.4 is 10.2 Å². The van der Waals surface area contributed by atoms with Gasteiger partial charge < -0.3 is 10.2 Å². The molecule has 0 aliphatic carbocycles. The van der Waals surface area contributed by atoms with Crippen molar-refractivity contribution in [2.75, 3.05) is 23.8 Å². The average molecular weight is 361 g/mol. The lowest BCUT2D eigenvalue weighted by atomic mass is 10.1. The summed E-state index contributed by atoms with van der Waals surface area (Å²) in [6, 6.07) is 15.7. The van der Waals surface area contributed by atoms with Gasteiger partial charge in [-0.2, -0.15) is 0 Å². The summed E-state index contributed by atoms with van der Waals surface area (Å²) in [5.41, 5.74) is 4.57. The zero-order valence-electron chi connectivity index (χ0n) is 16.3. The van der Waals surface area contributed by atoms with Crippen LogP contribution in [0.25, 0.3) is 10.9 Å². The van der Waals surface area contributed by atoms with Gasteiger partial charge in [0.05, 0.1) is 17.4 Å². The normalized spacial score (nSPS) is 10.8. The number of carbonyl (C=O) groups excluding carboxylic acids is 1. The summed E-state index contributed by atoms with van der Waals surface area (Å²) in [7, 11) is 2.11.